The molecule has 0 aliphatic heterocycles. The largest absolute Gasteiger partial charge is 0.354 e. The summed E-state index contributed by atoms with van der Waals surface area (Å²) >= 11 is 0. The minimum absolute atomic E-state index is 0.370. The van der Waals surface area contributed by atoms with Crippen molar-refractivity contribution in [2.75, 3.05) is 18.0 Å². The highest BCUT2D eigenvalue weighted by molar-refractivity contribution is 5.40. The first-order valence-electron chi connectivity index (χ1n) is 8.09. The molecule has 0 saturated carbocycles. The number of hydrogen-bond donors (Lipinski definition) is 1. The number of aromatic nitrogens is 1. The average Bonchev–Trinajstić information content (AvgIpc) is 2.48. The minimum Gasteiger partial charge on any atom is -0.354 e. The summed E-state index contributed by atoms with van der Waals surface area (Å²) in [5, 5.41) is 3.43. The fourth-order valence-electron chi connectivity index (χ4n) is 2.36. The molecule has 1 rings (SSSR count). The van der Waals surface area contributed by atoms with Crippen molar-refractivity contribution in [1.29, 1.82) is 0 Å². The Kier molecular flexibility index (Phi) is 7.60. The lowest BCUT2D eigenvalue weighted by molar-refractivity contribution is 0.584. The van der Waals surface area contributed by atoms with Crippen LogP contribution in [0.15, 0.2) is 18.3 Å². The van der Waals surface area contributed by atoms with E-state index in [1.54, 1.807) is 0 Å². The third-order valence-corrected chi connectivity index (χ3v) is 3.95. The summed E-state index contributed by atoms with van der Waals surface area (Å²) in [4.78, 5) is 7.13. The average molecular weight is 277 g/mol. The van der Waals surface area contributed by atoms with Gasteiger partial charge in [-0.1, -0.05) is 33.3 Å². The maximum atomic E-state index is 4.69. The van der Waals surface area contributed by atoms with Crippen molar-refractivity contribution in [1.82, 2.24) is 10.3 Å². The quantitative estimate of drug-likeness (QED) is 0.734. The Bertz CT molecular complexity index is 361. The highest BCUT2D eigenvalue weighted by atomic mass is 15.2. The first kappa shape index (κ1) is 17.0. The van der Waals surface area contributed by atoms with E-state index in [9.17, 15) is 0 Å². The highest BCUT2D eigenvalue weighted by Crippen LogP contribution is 2.19. The van der Waals surface area contributed by atoms with Crippen molar-refractivity contribution in [2.24, 2.45) is 0 Å². The van der Waals surface area contributed by atoms with Crippen molar-refractivity contribution in [3.05, 3.63) is 23.9 Å². The second kappa shape index (κ2) is 8.96. The van der Waals surface area contributed by atoms with Gasteiger partial charge in [0.1, 0.15) is 5.82 Å². The van der Waals surface area contributed by atoms with Gasteiger partial charge in [0.2, 0.25) is 0 Å². The molecule has 1 heterocycles. The normalized spacial score (nSPS) is 14.1. The van der Waals surface area contributed by atoms with Crippen LogP contribution in [0, 0.1) is 0 Å². The molecule has 0 bridgehead atoms. The second-order valence-electron chi connectivity index (χ2n) is 5.53. The van der Waals surface area contributed by atoms with Crippen molar-refractivity contribution in [3.63, 3.8) is 0 Å². The zero-order chi connectivity index (χ0) is 15.0. The maximum absolute atomic E-state index is 4.69. The van der Waals surface area contributed by atoms with E-state index in [1.807, 2.05) is 6.20 Å². The van der Waals surface area contributed by atoms with Gasteiger partial charge in [0, 0.05) is 24.8 Å². The Morgan fingerprint density at radius 1 is 1.20 bits per heavy atom. The van der Waals surface area contributed by atoms with E-state index in [4.69, 9.17) is 4.98 Å². The molecule has 1 aromatic heterocycles. The third-order valence-electron chi connectivity index (χ3n) is 3.95. The van der Waals surface area contributed by atoms with Gasteiger partial charge < -0.3 is 10.2 Å². The molecule has 1 N–H and O–H groups in total. The van der Waals surface area contributed by atoms with Crippen LogP contribution in [0.25, 0.3) is 0 Å². The van der Waals surface area contributed by atoms with Gasteiger partial charge in [-0.2, -0.15) is 0 Å². The molecule has 2 atom stereocenters. The van der Waals surface area contributed by atoms with Gasteiger partial charge in [-0.3, -0.25) is 0 Å². The van der Waals surface area contributed by atoms with Crippen LogP contribution in [0.5, 0.6) is 0 Å². The fraction of sp³-hybridized carbons (Fsp3) is 0.706. The van der Waals surface area contributed by atoms with Crippen molar-refractivity contribution in [3.8, 4) is 0 Å². The molecule has 0 radical (unpaired) electrons. The summed E-state index contributed by atoms with van der Waals surface area (Å²) in [6.07, 6.45) is 5.62. The van der Waals surface area contributed by atoms with E-state index in [-0.39, 0.29) is 0 Å². The smallest absolute Gasteiger partial charge is 0.128 e. The van der Waals surface area contributed by atoms with Crippen molar-refractivity contribution < 1.29 is 0 Å². The van der Waals surface area contributed by atoms with Gasteiger partial charge in [0.25, 0.3) is 0 Å². The Morgan fingerprint density at radius 3 is 2.45 bits per heavy atom. The molecule has 0 aromatic carbocycles. The SMILES string of the molecule is CCCCN(c1ccc(C(C)NCC)cn1)C(C)CC. The van der Waals surface area contributed by atoms with Crippen LogP contribution >= 0.6 is 0 Å². The molecular formula is C17H31N3. The highest BCUT2D eigenvalue weighted by Gasteiger charge is 2.14. The molecule has 0 fully saturated rings. The molecule has 3 nitrogen and oxygen atoms in total. The predicted molar refractivity (Wildman–Crippen MR) is 88.3 cm³/mol. The summed E-state index contributed by atoms with van der Waals surface area (Å²) in [5.41, 5.74) is 1.26. The van der Waals surface area contributed by atoms with Gasteiger partial charge in [-0.15, -0.1) is 0 Å². The predicted octanol–water partition coefficient (Wildman–Crippen LogP) is 4.16. The van der Waals surface area contributed by atoms with Crippen molar-refractivity contribution in [2.45, 2.75) is 66.0 Å². The Labute approximate surface area is 124 Å². The van der Waals surface area contributed by atoms with E-state index in [1.165, 1.54) is 18.4 Å². The van der Waals surface area contributed by atoms with Crippen LogP contribution in [-0.2, 0) is 0 Å². The van der Waals surface area contributed by atoms with E-state index in [2.05, 4.69) is 57.0 Å². The number of hydrogen-bond acceptors (Lipinski definition) is 3. The van der Waals surface area contributed by atoms with Gasteiger partial charge in [0.05, 0.1) is 0 Å². The number of anilines is 1. The number of nitrogens with zero attached hydrogens (tertiary/aromatic N) is 2. The van der Waals surface area contributed by atoms with Crippen molar-refractivity contribution >= 4 is 5.82 Å². The van der Waals surface area contributed by atoms with E-state index in [0.717, 1.165) is 25.3 Å². The first-order valence-corrected chi connectivity index (χ1v) is 8.09. The van der Waals surface area contributed by atoms with Crippen LogP contribution in [0.1, 0.15) is 65.5 Å². The molecule has 20 heavy (non-hydrogen) atoms. The summed E-state index contributed by atoms with van der Waals surface area (Å²) in [5.74, 6) is 1.11. The van der Waals surface area contributed by atoms with Crippen LogP contribution in [0.3, 0.4) is 0 Å². The van der Waals surface area contributed by atoms with Gasteiger partial charge in [0.15, 0.2) is 0 Å². The summed E-state index contributed by atoms with van der Waals surface area (Å²) in [6.45, 7) is 13.2. The molecular weight excluding hydrogens is 246 g/mol. The monoisotopic (exact) mass is 277 g/mol. The number of nitrogens with one attached hydrogen (secondary N) is 1. The third kappa shape index (κ3) is 4.78. The lowest BCUT2D eigenvalue weighted by Gasteiger charge is -2.30. The standard InChI is InChI=1S/C17H31N3/c1-6-9-12-20(14(4)7-2)17-11-10-16(13-19-17)15(5)18-8-3/h10-11,13-15,18H,6-9,12H2,1-5H3. The molecule has 1 aromatic rings. The minimum atomic E-state index is 0.370. The van der Waals surface area contributed by atoms with Crippen LogP contribution < -0.4 is 10.2 Å². The van der Waals surface area contributed by atoms with E-state index >= 15 is 0 Å². The summed E-state index contributed by atoms with van der Waals surface area (Å²) < 4.78 is 0. The van der Waals surface area contributed by atoms with Crippen LogP contribution in [-0.4, -0.2) is 24.1 Å². The lowest BCUT2D eigenvalue weighted by Crippen LogP contribution is -2.34. The van der Waals surface area contributed by atoms with Gasteiger partial charge in [-0.05, 0) is 44.9 Å². The van der Waals surface area contributed by atoms with E-state index in [0.29, 0.717) is 12.1 Å². The number of unbranched alkanes of at least 4 members (excludes halogenated alkanes) is 1. The molecule has 0 amide bonds. The van der Waals surface area contributed by atoms with Gasteiger partial charge >= 0.3 is 0 Å². The topological polar surface area (TPSA) is 28.2 Å². The summed E-state index contributed by atoms with van der Waals surface area (Å²) in [6, 6.07) is 5.29. The molecule has 3 heteroatoms. The maximum Gasteiger partial charge on any atom is 0.128 e. The molecule has 2 unspecified atom stereocenters. The lowest BCUT2D eigenvalue weighted by atomic mass is 10.1. The Balaban J connectivity index is 2.81. The van der Waals surface area contributed by atoms with Crippen LogP contribution in [0.4, 0.5) is 5.82 Å². The molecule has 114 valence electrons. The van der Waals surface area contributed by atoms with Gasteiger partial charge in [-0.25, -0.2) is 4.98 Å². The fourth-order valence-corrected chi connectivity index (χ4v) is 2.36. The number of rotatable bonds is 9. The zero-order valence-corrected chi connectivity index (χ0v) is 13.8. The first-order chi connectivity index (χ1) is 9.63. The summed E-state index contributed by atoms with van der Waals surface area (Å²) in [7, 11) is 0. The molecule has 0 aliphatic carbocycles. The van der Waals surface area contributed by atoms with E-state index < -0.39 is 0 Å². The Hall–Kier alpha value is -1.09. The Morgan fingerprint density at radius 2 is 1.95 bits per heavy atom. The zero-order valence-electron chi connectivity index (χ0n) is 13.8. The molecule has 0 saturated heterocycles. The molecule has 0 spiro atoms. The van der Waals surface area contributed by atoms with Crippen LogP contribution in [0.2, 0.25) is 0 Å². The second-order valence-corrected chi connectivity index (χ2v) is 5.53. The molecule has 0 aliphatic rings. The number of pyridine rings is 1.